The summed E-state index contributed by atoms with van der Waals surface area (Å²) < 4.78 is 1.54. The number of amides is 1. The first-order chi connectivity index (χ1) is 13.0. The van der Waals surface area contributed by atoms with Gasteiger partial charge < -0.3 is 5.32 Å². The molecule has 0 saturated heterocycles. The molecule has 3 aromatic rings. The third-order valence-corrected chi connectivity index (χ3v) is 6.07. The van der Waals surface area contributed by atoms with E-state index < -0.39 is 0 Å². The average Bonchev–Trinajstić information content (AvgIpc) is 3.11. The third kappa shape index (κ3) is 4.43. The molecule has 1 atom stereocenters. The van der Waals surface area contributed by atoms with Crippen molar-refractivity contribution in [3.05, 3.63) is 69.3 Å². The van der Waals surface area contributed by atoms with Crippen LogP contribution in [0.2, 0.25) is 5.02 Å². The number of allylic oxidation sites excluding steroid dienone is 1. The zero-order valence-corrected chi connectivity index (χ0v) is 17.0. The molecule has 5 nitrogen and oxygen atoms in total. The second kappa shape index (κ2) is 8.73. The fourth-order valence-electron chi connectivity index (χ4n) is 2.65. The molecule has 0 fully saturated rings. The van der Waals surface area contributed by atoms with Crippen LogP contribution < -0.4 is 10.9 Å². The Morgan fingerprint density at radius 1 is 1.44 bits per heavy atom. The molecule has 2 aromatic heterocycles. The minimum atomic E-state index is -0.213. The molecular weight excluding hydrogens is 402 g/mol. The Morgan fingerprint density at radius 3 is 2.96 bits per heavy atom. The number of halogens is 1. The second-order valence-electron chi connectivity index (χ2n) is 5.84. The number of hydrogen-bond donors (Lipinski definition) is 1. The molecule has 0 spiro atoms. The van der Waals surface area contributed by atoms with Gasteiger partial charge in [-0.15, -0.1) is 17.9 Å². The predicted molar refractivity (Wildman–Crippen MR) is 113 cm³/mol. The molecule has 0 bridgehead atoms. The van der Waals surface area contributed by atoms with Crippen molar-refractivity contribution >= 4 is 50.8 Å². The number of fused-ring (bicyclic) bond motifs is 1. The van der Waals surface area contributed by atoms with Gasteiger partial charge in [0.05, 0.1) is 17.2 Å². The summed E-state index contributed by atoms with van der Waals surface area (Å²) in [5.41, 5.74) is 0.743. The molecule has 0 radical (unpaired) electrons. The van der Waals surface area contributed by atoms with Crippen molar-refractivity contribution in [2.75, 3.05) is 5.75 Å². The Bertz CT molecular complexity index is 1040. The van der Waals surface area contributed by atoms with Crippen LogP contribution in [0.4, 0.5) is 0 Å². The summed E-state index contributed by atoms with van der Waals surface area (Å²) in [6, 6.07) is 8.96. The lowest BCUT2D eigenvalue weighted by Crippen LogP contribution is -2.29. The van der Waals surface area contributed by atoms with Crippen LogP contribution in [0.5, 0.6) is 0 Å². The molecule has 3 rings (SSSR count). The number of hydrogen-bond acceptors (Lipinski definition) is 5. The lowest BCUT2D eigenvalue weighted by Gasteiger charge is -2.16. The van der Waals surface area contributed by atoms with Crippen LogP contribution >= 0.6 is 34.7 Å². The maximum atomic E-state index is 12.6. The summed E-state index contributed by atoms with van der Waals surface area (Å²) in [5.74, 6) is -0.00647. The van der Waals surface area contributed by atoms with Crippen molar-refractivity contribution in [1.29, 1.82) is 0 Å². The minimum absolute atomic E-state index is 0.117. The van der Waals surface area contributed by atoms with Crippen LogP contribution in [0.25, 0.3) is 10.2 Å². The highest BCUT2D eigenvalue weighted by atomic mass is 35.5. The van der Waals surface area contributed by atoms with Crippen molar-refractivity contribution in [2.45, 2.75) is 24.7 Å². The number of thiophene rings is 1. The number of carbonyl (C=O) groups excluding carboxylic acids is 1. The van der Waals surface area contributed by atoms with Gasteiger partial charge in [0.2, 0.25) is 5.91 Å². The topological polar surface area (TPSA) is 64.0 Å². The SMILES string of the molecule is C=CCn1c(SCC(=O)NC(C)c2ccccc2Cl)nc2sccc2c1=O. The van der Waals surface area contributed by atoms with E-state index in [0.717, 1.165) is 5.56 Å². The first-order valence-corrected chi connectivity index (χ1v) is 10.5. The van der Waals surface area contributed by atoms with Gasteiger partial charge in [0, 0.05) is 11.6 Å². The Labute approximate surface area is 170 Å². The van der Waals surface area contributed by atoms with Crippen LogP contribution in [0.3, 0.4) is 0 Å². The van der Waals surface area contributed by atoms with Crippen LogP contribution in [-0.2, 0) is 11.3 Å². The Balaban J connectivity index is 1.73. The normalized spacial score (nSPS) is 12.1. The van der Waals surface area contributed by atoms with E-state index in [1.807, 2.05) is 30.5 Å². The Hall–Kier alpha value is -2.09. The molecule has 140 valence electrons. The van der Waals surface area contributed by atoms with Crippen LogP contribution in [0.15, 0.2) is 58.3 Å². The van der Waals surface area contributed by atoms with Crippen molar-refractivity contribution in [3.63, 3.8) is 0 Å². The third-order valence-electron chi connectivity index (χ3n) is 3.94. The summed E-state index contributed by atoms with van der Waals surface area (Å²) in [6.45, 7) is 5.92. The summed E-state index contributed by atoms with van der Waals surface area (Å²) in [5, 5.41) is 6.47. The quantitative estimate of drug-likeness (QED) is 0.353. The number of benzene rings is 1. The van der Waals surface area contributed by atoms with Gasteiger partial charge in [0.15, 0.2) is 5.16 Å². The fraction of sp³-hybridized carbons (Fsp3) is 0.211. The van der Waals surface area contributed by atoms with E-state index in [4.69, 9.17) is 11.6 Å². The first-order valence-electron chi connectivity index (χ1n) is 8.26. The Morgan fingerprint density at radius 2 is 2.22 bits per heavy atom. The number of carbonyl (C=O) groups is 1. The predicted octanol–water partition coefficient (Wildman–Crippen LogP) is 4.27. The van der Waals surface area contributed by atoms with Gasteiger partial charge in [0.25, 0.3) is 5.56 Å². The second-order valence-corrected chi connectivity index (χ2v) is 8.08. The smallest absolute Gasteiger partial charge is 0.263 e. The van der Waals surface area contributed by atoms with E-state index in [2.05, 4.69) is 16.9 Å². The van der Waals surface area contributed by atoms with E-state index in [9.17, 15) is 9.59 Å². The van der Waals surface area contributed by atoms with Gasteiger partial charge >= 0.3 is 0 Å². The van der Waals surface area contributed by atoms with Gasteiger partial charge in [-0.2, -0.15) is 0 Å². The van der Waals surface area contributed by atoms with Gasteiger partial charge in [0.1, 0.15) is 4.83 Å². The van der Waals surface area contributed by atoms with Gasteiger partial charge in [-0.25, -0.2) is 4.98 Å². The molecule has 0 aliphatic heterocycles. The zero-order valence-electron chi connectivity index (χ0n) is 14.6. The van der Waals surface area contributed by atoms with E-state index in [1.54, 1.807) is 18.2 Å². The fourth-order valence-corrected chi connectivity index (χ4v) is 4.57. The molecule has 1 aromatic carbocycles. The van der Waals surface area contributed by atoms with Gasteiger partial charge in [-0.1, -0.05) is 47.6 Å². The van der Waals surface area contributed by atoms with E-state index in [1.165, 1.54) is 27.7 Å². The molecule has 0 saturated carbocycles. The maximum Gasteiger partial charge on any atom is 0.263 e. The van der Waals surface area contributed by atoms with Crippen LogP contribution in [-0.4, -0.2) is 21.2 Å². The minimum Gasteiger partial charge on any atom is -0.349 e. The molecule has 1 amide bonds. The average molecular weight is 420 g/mol. The molecule has 1 N–H and O–H groups in total. The van der Waals surface area contributed by atoms with Crippen molar-refractivity contribution < 1.29 is 4.79 Å². The van der Waals surface area contributed by atoms with Crippen LogP contribution in [0, 0.1) is 0 Å². The highest BCUT2D eigenvalue weighted by Gasteiger charge is 2.16. The summed E-state index contributed by atoms with van der Waals surface area (Å²) in [4.78, 5) is 30.2. The molecule has 0 aliphatic carbocycles. The van der Waals surface area contributed by atoms with Crippen molar-refractivity contribution in [2.24, 2.45) is 0 Å². The molecule has 8 heteroatoms. The number of thioether (sulfide) groups is 1. The molecule has 27 heavy (non-hydrogen) atoms. The Kier molecular flexibility index (Phi) is 6.36. The van der Waals surface area contributed by atoms with E-state index >= 15 is 0 Å². The first kappa shape index (κ1) is 19.7. The van der Waals surface area contributed by atoms with Gasteiger partial charge in [-0.05, 0) is 30.0 Å². The van der Waals surface area contributed by atoms with Crippen molar-refractivity contribution in [3.8, 4) is 0 Å². The highest BCUT2D eigenvalue weighted by molar-refractivity contribution is 7.99. The molecule has 1 unspecified atom stereocenters. The number of nitrogens with one attached hydrogen (secondary N) is 1. The summed E-state index contributed by atoms with van der Waals surface area (Å²) >= 11 is 8.82. The lowest BCUT2D eigenvalue weighted by molar-refractivity contribution is -0.119. The monoisotopic (exact) mass is 419 g/mol. The maximum absolute atomic E-state index is 12.6. The highest BCUT2D eigenvalue weighted by Crippen LogP contribution is 2.23. The van der Waals surface area contributed by atoms with E-state index in [-0.39, 0.29) is 23.3 Å². The van der Waals surface area contributed by atoms with E-state index in [0.29, 0.717) is 26.9 Å². The number of rotatable bonds is 7. The number of aromatic nitrogens is 2. The van der Waals surface area contributed by atoms with Crippen LogP contribution in [0.1, 0.15) is 18.5 Å². The summed E-state index contributed by atoms with van der Waals surface area (Å²) in [6.07, 6.45) is 1.64. The largest absolute Gasteiger partial charge is 0.349 e. The van der Waals surface area contributed by atoms with Gasteiger partial charge in [-0.3, -0.25) is 14.2 Å². The standard InChI is InChI=1S/C19H18ClN3O2S2/c1-3-9-23-18(25)14-8-10-26-17(14)22-19(23)27-11-16(24)21-12(2)13-6-4-5-7-15(13)20/h3-8,10,12H,1,9,11H2,2H3,(H,21,24). The number of nitrogens with zero attached hydrogens (tertiary/aromatic N) is 2. The molecule has 2 heterocycles. The van der Waals surface area contributed by atoms with Crippen molar-refractivity contribution in [1.82, 2.24) is 14.9 Å². The molecular formula is C19H18ClN3O2S2. The zero-order chi connectivity index (χ0) is 19.4. The molecule has 0 aliphatic rings. The lowest BCUT2D eigenvalue weighted by atomic mass is 10.1. The summed E-state index contributed by atoms with van der Waals surface area (Å²) in [7, 11) is 0.